The topological polar surface area (TPSA) is 76.6 Å². The zero-order chi connectivity index (χ0) is 14.9. The molecular weight excluding hydrogens is 258 g/mol. The Morgan fingerprint density at radius 2 is 1.90 bits per heavy atom. The van der Waals surface area contributed by atoms with Gasteiger partial charge in [-0.25, -0.2) is 4.79 Å². The molecule has 0 fully saturated rings. The third-order valence-corrected chi connectivity index (χ3v) is 3.01. The zero-order valence-corrected chi connectivity index (χ0v) is 11.5. The minimum Gasteiger partial charge on any atom is -0.494 e. The van der Waals surface area contributed by atoms with E-state index in [4.69, 9.17) is 0 Å². The van der Waals surface area contributed by atoms with Gasteiger partial charge in [0, 0.05) is 20.3 Å². The van der Waals surface area contributed by atoms with Crippen molar-refractivity contribution in [3.63, 3.8) is 0 Å². The minimum absolute atomic E-state index is 0.0175. The maximum absolute atomic E-state index is 11.9. The maximum atomic E-state index is 11.9. The van der Waals surface area contributed by atoms with Gasteiger partial charge in [0.25, 0.3) is 5.56 Å². The van der Waals surface area contributed by atoms with Gasteiger partial charge in [-0.15, -0.1) is 0 Å². The number of aromatic hydroxyl groups is 1. The second-order valence-electron chi connectivity index (χ2n) is 4.54. The summed E-state index contributed by atoms with van der Waals surface area (Å²) in [5.41, 5.74) is 0.524. The lowest BCUT2D eigenvalue weighted by Crippen LogP contribution is -2.38. The monoisotopic (exact) mass is 273 g/mol. The van der Waals surface area contributed by atoms with Crippen LogP contribution in [-0.2, 0) is 14.1 Å². The molecule has 1 heterocycles. The van der Waals surface area contributed by atoms with E-state index in [0.717, 1.165) is 14.7 Å². The molecule has 6 heteroatoms. The second kappa shape index (κ2) is 5.16. The molecule has 0 aliphatic carbocycles. The highest BCUT2D eigenvalue weighted by molar-refractivity contribution is 5.84. The van der Waals surface area contributed by atoms with Crippen molar-refractivity contribution in [1.29, 1.82) is 0 Å². The van der Waals surface area contributed by atoms with Crippen molar-refractivity contribution in [2.45, 2.75) is 6.92 Å². The van der Waals surface area contributed by atoms with E-state index in [-0.39, 0.29) is 5.56 Å². The molecule has 0 aliphatic rings. The first-order valence-electron chi connectivity index (χ1n) is 6.01. The number of nitrogens with zero attached hydrogens (tertiary/aromatic N) is 3. The van der Waals surface area contributed by atoms with Gasteiger partial charge < -0.3 is 5.11 Å². The first-order chi connectivity index (χ1) is 9.41. The molecule has 2 rings (SSSR count). The lowest BCUT2D eigenvalue weighted by Gasteiger charge is -2.07. The van der Waals surface area contributed by atoms with Gasteiger partial charge in [-0.2, -0.15) is 0 Å². The summed E-state index contributed by atoms with van der Waals surface area (Å²) in [5, 5.41) is 9.87. The summed E-state index contributed by atoms with van der Waals surface area (Å²) >= 11 is 0. The van der Waals surface area contributed by atoms with E-state index in [1.54, 1.807) is 6.07 Å². The molecule has 0 spiro atoms. The van der Waals surface area contributed by atoms with Gasteiger partial charge in [0.2, 0.25) is 5.88 Å². The molecule has 0 saturated carbocycles. The Kier molecular flexibility index (Phi) is 3.56. The highest BCUT2D eigenvalue weighted by atomic mass is 16.3. The number of aliphatic imine (C=N–C) groups is 1. The van der Waals surface area contributed by atoms with Crippen LogP contribution in [0.5, 0.6) is 5.88 Å². The van der Waals surface area contributed by atoms with Crippen LogP contribution in [0.4, 0.5) is 5.69 Å². The molecule has 0 aliphatic heterocycles. The fraction of sp³-hybridized carbons (Fsp3) is 0.214. The molecule has 0 bridgehead atoms. The number of aryl methyl sites for hydroxylation is 1. The molecule has 1 aromatic carbocycles. The van der Waals surface area contributed by atoms with Gasteiger partial charge in [-0.05, 0) is 24.6 Å². The van der Waals surface area contributed by atoms with Crippen molar-refractivity contribution >= 4 is 11.9 Å². The summed E-state index contributed by atoms with van der Waals surface area (Å²) in [6, 6.07) is 7.41. The van der Waals surface area contributed by atoms with Gasteiger partial charge >= 0.3 is 5.69 Å². The van der Waals surface area contributed by atoms with E-state index in [1.165, 1.54) is 20.3 Å². The normalized spacial score (nSPS) is 11.2. The molecule has 0 atom stereocenters. The van der Waals surface area contributed by atoms with E-state index in [1.807, 2.05) is 25.1 Å². The Hall–Kier alpha value is -2.63. The Labute approximate surface area is 115 Å². The van der Waals surface area contributed by atoms with Crippen LogP contribution in [0.15, 0.2) is 38.8 Å². The maximum Gasteiger partial charge on any atom is 0.333 e. The molecule has 0 amide bonds. The predicted octanol–water partition coefficient (Wildman–Crippen LogP) is 0.849. The van der Waals surface area contributed by atoms with Crippen LogP contribution in [0.2, 0.25) is 0 Å². The third kappa shape index (κ3) is 2.40. The quantitative estimate of drug-likeness (QED) is 0.824. The van der Waals surface area contributed by atoms with Crippen molar-refractivity contribution < 1.29 is 5.11 Å². The van der Waals surface area contributed by atoms with Crippen LogP contribution >= 0.6 is 0 Å². The van der Waals surface area contributed by atoms with Crippen molar-refractivity contribution in [3.05, 3.63) is 56.2 Å². The molecule has 104 valence electrons. The summed E-state index contributed by atoms with van der Waals surface area (Å²) in [6.07, 6.45) is 1.27. The second-order valence-corrected chi connectivity index (χ2v) is 4.54. The number of aromatic nitrogens is 2. The van der Waals surface area contributed by atoms with Gasteiger partial charge in [-0.3, -0.25) is 18.9 Å². The fourth-order valence-corrected chi connectivity index (χ4v) is 1.82. The van der Waals surface area contributed by atoms with E-state index in [9.17, 15) is 14.7 Å². The largest absolute Gasteiger partial charge is 0.494 e. The standard InChI is InChI=1S/C14H15N3O3/c1-9-5-4-6-10(7-9)15-8-11-12(18)16(2)14(20)17(3)13(11)19/h4-8,18H,1-3H3. The Bertz CT molecular complexity index is 800. The molecule has 0 saturated heterocycles. The average molecular weight is 273 g/mol. The molecule has 0 unspecified atom stereocenters. The predicted molar refractivity (Wildman–Crippen MR) is 77.0 cm³/mol. The summed E-state index contributed by atoms with van der Waals surface area (Å²) in [7, 11) is 2.75. The van der Waals surface area contributed by atoms with Crippen molar-refractivity contribution in [1.82, 2.24) is 9.13 Å². The van der Waals surface area contributed by atoms with Crippen LogP contribution in [0.25, 0.3) is 0 Å². The summed E-state index contributed by atoms with van der Waals surface area (Å²) in [6.45, 7) is 1.93. The number of benzene rings is 1. The molecule has 0 radical (unpaired) electrons. The summed E-state index contributed by atoms with van der Waals surface area (Å²) in [5.74, 6) is -0.394. The van der Waals surface area contributed by atoms with Gasteiger partial charge in [0.15, 0.2) is 0 Å². The highest BCUT2D eigenvalue weighted by Crippen LogP contribution is 2.14. The van der Waals surface area contributed by atoms with Crippen LogP contribution < -0.4 is 11.2 Å². The van der Waals surface area contributed by atoms with Gasteiger partial charge in [0.05, 0.1) is 5.69 Å². The molecule has 1 N–H and O–H groups in total. The fourth-order valence-electron chi connectivity index (χ4n) is 1.82. The SMILES string of the molecule is Cc1cccc(N=Cc2c(O)n(C)c(=O)n(C)c2=O)c1. The van der Waals surface area contributed by atoms with E-state index < -0.39 is 17.1 Å². The van der Waals surface area contributed by atoms with Crippen LogP contribution in [-0.4, -0.2) is 20.5 Å². The van der Waals surface area contributed by atoms with E-state index in [2.05, 4.69) is 4.99 Å². The smallest absolute Gasteiger partial charge is 0.333 e. The Morgan fingerprint density at radius 1 is 1.20 bits per heavy atom. The van der Waals surface area contributed by atoms with E-state index >= 15 is 0 Å². The minimum atomic E-state index is -0.583. The lowest BCUT2D eigenvalue weighted by molar-refractivity contribution is 0.410. The summed E-state index contributed by atoms with van der Waals surface area (Å²) in [4.78, 5) is 27.7. The van der Waals surface area contributed by atoms with Crippen LogP contribution in [0, 0.1) is 6.92 Å². The first kappa shape index (κ1) is 13.8. The third-order valence-electron chi connectivity index (χ3n) is 3.01. The van der Waals surface area contributed by atoms with Gasteiger partial charge in [0.1, 0.15) is 5.56 Å². The molecular formula is C14H15N3O3. The van der Waals surface area contributed by atoms with Crippen molar-refractivity contribution in [2.24, 2.45) is 19.1 Å². The van der Waals surface area contributed by atoms with Gasteiger partial charge in [-0.1, -0.05) is 12.1 Å². The van der Waals surface area contributed by atoms with Crippen molar-refractivity contribution in [3.8, 4) is 5.88 Å². The number of hydrogen-bond donors (Lipinski definition) is 1. The van der Waals surface area contributed by atoms with Crippen LogP contribution in [0.1, 0.15) is 11.1 Å². The molecule has 2 aromatic rings. The number of rotatable bonds is 2. The highest BCUT2D eigenvalue weighted by Gasteiger charge is 2.12. The summed E-state index contributed by atoms with van der Waals surface area (Å²) < 4.78 is 1.93. The average Bonchev–Trinajstić information content (AvgIpc) is 2.43. The molecule has 6 nitrogen and oxygen atoms in total. The zero-order valence-electron chi connectivity index (χ0n) is 11.5. The Morgan fingerprint density at radius 3 is 2.55 bits per heavy atom. The number of hydrogen-bond acceptors (Lipinski definition) is 4. The Balaban J connectivity index is 2.55. The van der Waals surface area contributed by atoms with Crippen molar-refractivity contribution in [2.75, 3.05) is 0 Å². The van der Waals surface area contributed by atoms with Crippen LogP contribution in [0.3, 0.4) is 0 Å². The first-order valence-corrected chi connectivity index (χ1v) is 6.01. The molecule has 1 aromatic heterocycles. The van der Waals surface area contributed by atoms with E-state index in [0.29, 0.717) is 5.69 Å². The molecule has 20 heavy (non-hydrogen) atoms. The lowest BCUT2D eigenvalue weighted by atomic mass is 10.2.